The van der Waals surface area contributed by atoms with E-state index in [9.17, 15) is 4.79 Å². The highest BCUT2D eigenvalue weighted by molar-refractivity contribution is 9.10. The number of hydrogen-bond donors (Lipinski definition) is 1. The summed E-state index contributed by atoms with van der Waals surface area (Å²) >= 11 is 3.54. The van der Waals surface area contributed by atoms with Crippen molar-refractivity contribution in [2.75, 3.05) is 38.2 Å². The van der Waals surface area contributed by atoms with Crippen molar-refractivity contribution in [3.8, 4) is 0 Å². The van der Waals surface area contributed by atoms with Crippen LogP contribution in [0, 0.1) is 0 Å². The molecule has 1 amide bonds. The van der Waals surface area contributed by atoms with Crippen LogP contribution in [0.4, 0.5) is 5.69 Å². The second kappa shape index (κ2) is 6.56. The predicted octanol–water partition coefficient (Wildman–Crippen LogP) is 2.87. The quantitative estimate of drug-likeness (QED) is 0.927. The molecule has 1 aliphatic heterocycles. The lowest BCUT2D eigenvalue weighted by atomic mass is 10.1. The number of morpholine rings is 1. The Bertz CT molecular complexity index is 654. The van der Waals surface area contributed by atoms with Crippen molar-refractivity contribution in [1.29, 1.82) is 0 Å². The Hall–Kier alpha value is -1.43. The van der Waals surface area contributed by atoms with E-state index in [4.69, 9.17) is 4.74 Å². The Labute approximate surface area is 132 Å². The summed E-state index contributed by atoms with van der Waals surface area (Å²) < 4.78 is 6.32. The van der Waals surface area contributed by atoms with Crippen molar-refractivity contribution in [3.05, 3.63) is 40.9 Å². The molecule has 110 valence electrons. The minimum absolute atomic E-state index is 0.0179. The summed E-state index contributed by atoms with van der Waals surface area (Å²) in [5.74, 6) is 0.0179. The number of hydrogen-bond acceptors (Lipinski definition) is 3. The summed E-state index contributed by atoms with van der Waals surface area (Å²) in [6, 6.07) is 11.9. The average Bonchev–Trinajstić information content (AvgIpc) is 2.51. The first-order valence-corrected chi connectivity index (χ1v) is 7.80. The zero-order valence-corrected chi connectivity index (χ0v) is 13.2. The SMILES string of the molecule is O=C(CN1CCOCC1)Nc1ccc(Br)c2ccccc12. The number of anilines is 1. The summed E-state index contributed by atoms with van der Waals surface area (Å²) in [7, 11) is 0. The summed E-state index contributed by atoms with van der Waals surface area (Å²) in [6.45, 7) is 3.44. The molecule has 4 nitrogen and oxygen atoms in total. The fraction of sp³-hybridized carbons (Fsp3) is 0.312. The minimum Gasteiger partial charge on any atom is -0.379 e. The van der Waals surface area contributed by atoms with Crippen molar-refractivity contribution in [1.82, 2.24) is 4.90 Å². The molecule has 5 heteroatoms. The average molecular weight is 349 g/mol. The van der Waals surface area contributed by atoms with E-state index in [1.54, 1.807) is 0 Å². The standard InChI is InChI=1S/C16H17BrN2O2/c17-14-5-6-15(13-4-2-1-3-12(13)14)18-16(20)11-19-7-9-21-10-8-19/h1-6H,7-11H2,(H,18,20). The van der Waals surface area contributed by atoms with Crippen LogP contribution in [0.25, 0.3) is 10.8 Å². The molecule has 2 aromatic rings. The predicted molar refractivity (Wildman–Crippen MR) is 87.5 cm³/mol. The van der Waals surface area contributed by atoms with Gasteiger partial charge in [-0.25, -0.2) is 0 Å². The molecule has 0 spiro atoms. The van der Waals surface area contributed by atoms with Gasteiger partial charge in [-0.2, -0.15) is 0 Å². The highest BCUT2D eigenvalue weighted by atomic mass is 79.9. The maximum atomic E-state index is 12.2. The van der Waals surface area contributed by atoms with Gasteiger partial charge in [-0.1, -0.05) is 40.2 Å². The van der Waals surface area contributed by atoms with Gasteiger partial charge in [0.1, 0.15) is 0 Å². The van der Waals surface area contributed by atoms with E-state index in [-0.39, 0.29) is 5.91 Å². The molecule has 0 saturated carbocycles. The van der Waals surface area contributed by atoms with Gasteiger partial charge in [-0.15, -0.1) is 0 Å². The molecule has 0 bridgehead atoms. The first-order chi connectivity index (χ1) is 10.2. The van der Waals surface area contributed by atoms with Gasteiger partial charge < -0.3 is 10.1 Å². The van der Waals surface area contributed by atoms with Crippen LogP contribution in [-0.4, -0.2) is 43.7 Å². The Morgan fingerprint density at radius 3 is 2.62 bits per heavy atom. The molecule has 0 aliphatic carbocycles. The lowest BCUT2D eigenvalue weighted by Crippen LogP contribution is -2.41. The van der Waals surface area contributed by atoms with E-state index in [1.807, 2.05) is 36.4 Å². The van der Waals surface area contributed by atoms with Crippen LogP contribution >= 0.6 is 15.9 Å². The van der Waals surface area contributed by atoms with Crippen LogP contribution in [0.3, 0.4) is 0 Å². The van der Waals surface area contributed by atoms with Gasteiger partial charge in [0.15, 0.2) is 0 Å². The Morgan fingerprint density at radius 1 is 1.14 bits per heavy atom. The Morgan fingerprint density at radius 2 is 1.86 bits per heavy atom. The van der Waals surface area contributed by atoms with Gasteiger partial charge in [0, 0.05) is 28.6 Å². The number of nitrogens with zero attached hydrogens (tertiary/aromatic N) is 1. The topological polar surface area (TPSA) is 41.6 Å². The normalized spacial score (nSPS) is 16.0. The van der Waals surface area contributed by atoms with E-state index in [0.717, 1.165) is 34.0 Å². The van der Waals surface area contributed by atoms with Gasteiger partial charge in [0.25, 0.3) is 0 Å². The van der Waals surface area contributed by atoms with Crippen LogP contribution < -0.4 is 5.32 Å². The van der Waals surface area contributed by atoms with E-state index in [2.05, 4.69) is 26.1 Å². The first-order valence-electron chi connectivity index (χ1n) is 7.01. The number of benzene rings is 2. The second-order valence-electron chi connectivity index (χ2n) is 5.08. The van der Waals surface area contributed by atoms with Crippen LogP contribution in [-0.2, 0) is 9.53 Å². The van der Waals surface area contributed by atoms with Crippen molar-refractivity contribution in [3.63, 3.8) is 0 Å². The highest BCUT2D eigenvalue weighted by Crippen LogP contribution is 2.29. The van der Waals surface area contributed by atoms with Crippen molar-refractivity contribution < 1.29 is 9.53 Å². The van der Waals surface area contributed by atoms with E-state index >= 15 is 0 Å². The molecule has 1 aliphatic rings. The minimum atomic E-state index is 0.0179. The fourth-order valence-corrected chi connectivity index (χ4v) is 3.00. The van der Waals surface area contributed by atoms with Crippen LogP contribution in [0.15, 0.2) is 40.9 Å². The van der Waals surface area contributed by atoms with Crippen molar-refractivity contribution >= 4 is 38.3 Å². The Balaban J connectivity index is 1.75. The van der Waals surface area contributed by atoms with Crippen LogP contribution in [0.1, 0.15) is 0 Å². The lowest BCUT2D eigenvalue weighted by Gasteiger charge is -2.25. The molecule has 0 radical (unpaired) electrons. The molecule has 0 atom stereocenters. The number of ether oxygens (including phenoxy) is 1. The third-order valence-corrected chi connectivity index (χ3v) is 4.31. The smallest absolute Gasteiger partial charge is 0.238 e. The van der Waals surface area contributed by atoms with Crippen molar-refractivity contribution in [2.45, 2.75) is 0 Å². The molecule has 0 aromatic heterocycles. The van der Waals surface area contributed by atoms with Gasteiger partial charge in [0.05, 0.1) is 19.8 Å². The zero-order valence-electron chi connectivity index (χ0n) is 11.6. The largest absolute Gasteiger partial charge is 0.379 e. The van der Waals surface area contributed by atoms with E-state index in [0.29, 0.717) is 19.8 Å². The van der Waals surface area contributed by atoms with Crippen molar-refractivity contribution in [2.24, 2.45) is 0 Å². The summed E-state index contributed by atoms with van der Waals surface area (Å²) in [5, 5.41) is 5.16. The highest BCUT2D eigenvalue weighted by Gasteiger charge is 2.15. The monoisotopic (exact) mass is 348 g/mol. The van der Waals surface area contributed by atoms with Gasteiger partial charge in [-0.05, 0) is 17.5 Å². The van der Waals surface area contributed by atoms with E-state index in [1.165, 1.54) is 0 Å². The first kappa shape index (κ1) is 14.5. The molecule has 2 aromatic carbocycles. The maximum absolute atomic E-state index is 12.2. The fourth-order valence-electron chi connectivity index (χ4n) is 2.52. The lowest BCUT2D eigenvalue weighted by molar-refractivity contribution is -0.118. The number of nitrogens with one attached hydrogen (secondary N) is 1. The number of amides is 1. The Kier molecular flexibility index (Phi) is 4.53. The molecule has 1 fully saturated rings. The number of carbonyl (C=O) groups excluding carboxylic acids is 1. The molecule has 3 rings (SSSR count). The summed E-state index contributed by atoms with van der Waals surface area (Å²) in [4.78, 5) is 14.3. The number of carbonyl (C=O) groups is 1. The molecular formula is C16H17BrN2O2. The molecule has 1 N–H and O–H groups in total. The maximum Gasteiger partial charge on any atom is 0.238 e. The third-order valence-electron chi connectivity index (χ3n) is 3.62. The summed E-state index contributed by atoms with van der Waals surface area (Å²) in [6.07, 6.45) is 0. The number of fused-ring (bicyclic) bond motifs is 1. The molecule has 1 heterocycles. The second-order valence-corrected chi connectivity index (χ2v) is 5.93. The molecular weight excluding hydrogens is 332 g/mol. The van der Waals surface area contributed by atoms with E-state index < -0.39 is 0 Å². The number of halogens is 1. The molecule has 21 heavy (non-hydrogen) atoms. The van der Waals surface area contributed by atoms with Crippen LogP contribution in [0.2, 0.25) is 0 Å². The van der Waals surface area contributed by atoms with Gasteiger partial charge in [-0.3, -0.25) is 9.69 Å². The van der Waals surface area contributed by atoms with Gasteiger partial charge >= 0.3 is 0 Å². The van der Waals surface area contributed by atoms with Gasteiger partial charge in [0.2, 0.25) is 5.91 Å². The third kappa shape index (κ3) is 3.43. The van der Waals surface area contributed by atoms with Crippen LogP contribution in [0.5, 0.6) is 0 Å². The number of rotatable bonds is 3. The summed E-state index contributed by atoms with van der Waals surface area (Å²) in [5.41, 5.74) is 0.854. The molecule has 1 saturated heterocycles. The zero-order chi connectivity index (χ0) is 14.7. The molecule has 0 unspecified atom stereocenters.